The van der Waals surface area contributed by atoms with E-state index in [9.17, 15) is 4.79 Å². The molecule has 0 aliphatic rings. The normalized spacial score (nSPS) is 8.80. The van der Waals surface area contributed by atoms with Crippen LogP contribution in [0.4, 0.5) is 5.69 Å². The topological polar surface area (TPSA) is 65.2 Å². The van der Waals surface area contributed by atoms with Gasteiger partial charge in [-0.3, -0.25) is 9.78 Å². The van der Waals surface area contributed by atoms with E-state index in [4.69, 9.17) is 5.73 Å². The number of carbonyl (C=O) groups is 1. The van der Waals surface area contributed by atoms with Crippen LogP contribution in [0.3, 0.4) is 0 Å². The van der Waals surface area contributed by atoms with Crippen LogP contribution >= 0.6 is 0 Å². The lowest BCUT2D eigenvalue weighted by Crippen LogP contribution is -1.94. The van der Waals surface area contributed by atoms with E-state index < -0.39 is 0 Å². The molecule has 4 nitrogen and oxygen atoms in total. The van der Waals surface area contributed by atoms with Crippen molar-refractivity contribution in [3.05, 3.63) is 18.5 Å². The highest BCUT2D eigenvalue weighted by molar-refractivity contribution is 5.56. The number of nitrogens with two attached hydrogens (primary N) is 1. The average molecular weight is 138 g/mol. The molecular formula is C6H6N2O2. The zero-order chi connectivity index (χ0) is 7.40. The van der Waals surface area contributed by atoms with E-state index in [0.717, 1.165) is 0 Å². The van der Waals surface area contributed by atoms with Crippen molar-refractivity contribution in [2.45, 2.75) is 0 Å². The van der Waals surface area contributed by atoms with Gasteiger partial charge in [0.05, 0.1) is 11.9 Å². The molecule has 52 valence electrons. The van der Waals surface area contributed by atoms with Gasteiger partial charge in [0.15, 0.2) is 5.75 Å². The second-order valence-corrected chi connectivity index (χ2v) is 1.63. The number of hydrogen-bond donors (Lipinski definition) is 1. The van der Waals surface area contributed by atoms with Crippen molar-refractivity contribution in [3.63, 3.8) is 0 Å². The maximum Gasteiger partial charge on any atom is 0.298 e. The summed E-state index contributed by atoms with van der Waals surface area (Å²) in [6.45, 7) is 0.325. The molecule has 2 N–H and O–H groups in total. The van der Waals surface area contributed by atoms with Crippen molar-refractivity contribution in [3.8, 4) is 5.75 Å². The van der Waals surface area contributed by atoms with Gasteiger partial charge in [0.2, 0.25) is 0 Å². The Morgan fingerprint density at radius 3 is 3.10 bits per heavy atom. The van der Waals surface area contributed by atoms with E-state index in [1.54, 1.807) is 0 Å². The molecule has 1 heterocycles. The van der Waals surface area contributed by atoms with Gasteiger partial charge in [0.1, 0.15) is 0 Å². The highest BCUT2D eigenvalue weighted by Gasteiger charge is 1.95. The fourth-order valence-corrected chi connectivity index (χ4v) is 0.553. The molecule has 0 saturated carbocycles. The van der Waals surface area contributed by atoms with Gasteiger partial charge in [-0.2, -0.15) is 0 Å². The molecule has 0 aliphatic carbocycles. The molecule has 0 spiro atoms. The number of aromatic nitrogens is 1. The number of hydrogen-bond acceptors (Lipinski definition) is 4. The Hall–Kier alpha value is -1.58. The van der Waals surface area contributed by atoms with Crippen LogP contribution in [0.5, 0.6) is 5.75 Å². The highest BCUT2D eigenvalue weighted by Crippen LogP contribution is 2.16. The smallest absolute Gasteiger partial charge is 0.298 e. The number of rotatable bonds is 2. The van der Waals surface area contributed by atoms with Gasteiger partial charge in [-0.15, -0.1) is 0 Å². The van der Waals surface area contributed by atoms with Gasteiger partial charge >= 0.3 is 0 Å². The first kappa shape index (κ1) is 6.54. The largest absolute Gasteiger partial charge is 0.426 e. The molecule has 0 saturated heterocycles. The van der Waals surface area contributed by atoms with E-state index in [0.29, 0.717) is 17.9 Å². The van der Waals surface area contributed by atoms with Crippen molar-refractivity contribution in [2.24, 2.45) is 0 Å². The molecule has 0 bridgehead atoms. The van der Waals surface area contributed by atoms with Crippen molar-refractivity contribution >= 4 is 12.2 Å². The minimum atomic E-state index is 0.325. The van der Waals surface area contributed by atoms with E-state index in [1.807, 2.05) is 0 Å². The third kappa shape index (κ3) is 1.22. The van der Waals surface area contributed by atoms with Crippen LogP contribution in [-0.4, -0.2) is 11.5 Å². The van der Waals surface area contributed by atoms with Crippen LogP contribution in [0, 0.1) is 0 Å². The third-order valence-corrected chi connectivity index (χ3v) is 0.985. The van der Waals surface area contributed by atoms with E-state index in [-0.39, 0.29) is 0 Å². The van der Waals surface area contributed by atoms with Crippen LogP contribution in [-0.2, 0) is 4.79 Å². The van der Waals surface area contributed by atoms with Crippen LogP contribution in [0.25, 0.3) is 0 Å². The Kier molecular flexibility index (Phi) is 1.84. The average Bonchev–Trinajstić information content (AvgIpc) is 1.94. The van der Waals surface area contributed by atoms with E-state index >= 15 is 0 Å². The van der Waals surface area contributed by atoms with Crippen LogP contribution in [0.2, 0.25) is 0 Å². The second kappa shape index (κ2) is 2.82. The van der Waals surface area contributed by atoms with E-state index in [1.165, 1.54) is 18.5 Å². The molecule has 0 fully saturated rings. The fourth-order valence-electron chi connectivity index (χ4n) is 0.553. The minimum Gasteiger partial charge on any atom is -0.426 e. The van der Waals surface area contributed by atoms with Crippen molar-refractivity contribution in [1.29, 1.82) is 0 Å². The Bertz CT molecular complexity index is 237. The van der Waals surface area contributed by atoms with Crippen LogP contribution in [0.15, 0.2) is 18.5 Å². The Balaban J connectivity index is 2.91. The first-order valence-electron chi connectivity index (χ1n) is 2.64. The molecule has 0 aromatic carbocycles. The predicted molar refractivity (Wildman–Crippen MR) is 35.3 cm³/mol. The Morgan fingerprint density at radius 2 is 2.50 bits per heavy atom. The lowest BCUT2D eigenvalue weighted by atomic mass is 10.4. The summed E-state index contributed by atoms with van der Waals surface area (Å²) >= 11 is 0. The standard InChI is InChI=1S/C6H6N2O2/c7-5-3-8-2-1-6(5)10-4-9/h1-4H,7H2. The number of ether oxygens (including phenoxy) is 1. The van der Waals surface area contributed by atoms with Gasteiger partial charge in [-0.1, -0.05) is 0 Å². The first-order valence-corrected chi connectivity index (χ1v) is 2.64. The number of anilines is 1. The maximum atomic E-state index is 9.83. The van der Waals surface area contributed by atoms with Gasteiger partial charge < -0.3 is 10.5 Å². The molecule has 1 aromatic heterocycles. The van der Waals surface area contributed by atoms with Crippen LogP contribution in [0.1, 0.15) is 0 Å². The molecule has 4 heteroatoms. The molecule has 0 unspecified atom stereocenters. The molecule has 0 radical (unpaired) electrons. The van der Waals surface area contributed by atoms with Gasteiger partial charge in [0.25, 0.3) is 6.47 Å². The molecule has 0 aliphatic heterocycles. The Labute approximate surface area is 57.6 Å². The molecule has 0 amide bonds. The number of pyridine rings is 1. The fraction of sp³-hybridized carbons (Fsp3) is 0. The minimum absolute atomic E-state index is 0.325. The number of nitrogen functional groups attached to an aromatic ring is 1. The monoisotopic (exact) mass is 138 g/mol. The first-order chi connectivity index (χ1) is 4.84. The summed E-state index contributed by atoms with van der Waals surface area (Å²) in [5.41, 5.74) is 5.72. The van der Waals surface area contributed by atoms with Crippen molar-refractivity contribution in [1.82, 2.24) is 4.98 Å². The summed E-state index contributed by atoms with van der Waals surface area (Å²) in [6, 6.07) is 1.52. The highest BCUT2D eigenvalue weighted by atomic mass is 16.5. The molecule has 10 heavy (non-hydrogen) atoms. The predicted octanol–water partition coefficient (Wildman–Crippen LogP) is 0.199. The molecule has 1 aromatic rings. The molecular weight excluding hydrogens is 132 g/mol. The number of carbonyl (C=O) groups excluding carboxylic acids is 1. The molecule has 1 rings (SSSR count). The summed E-state index contributed by atoms with van der Waals surface area (Å²) in [7, 11) is 0. The Morgan fingerprint density at radius 1 is 1.70 bits per heavy atom. The lowest BCUT2D eigenvalue weighted by molar-refractivity contribution is -0.120. The summed E-state index contributed by atoms with van der Waals surface area (Å²) in [6.07, 6.45) is 2.91. The second-order valence-electron chi connectivity index (χ2n) is 1.63. The summed E-state index contributed by atoms with van der Waals surface area (Å²) in [5, 5.41) is 0. The quantitative estimate of drug-likeness (QED) is 0.593. The lowest BCUT2D eigenvalue weighted by Gasteiger charge is -1.98. The third-order valence-electron chi connectivity index (χ3n) is 0.985. The van der Waals surface area contributed by atoms with E-state index in [2.05, 4.69) is 9.72 Å². The number of nitrogens with zero attached hydrogens (tertiary/aromatic N) is 1. The maximum absolute atomic E-state index is 9.83. The van der Waals surface area contributed by atoms with Crippen molar-refractivity contribution < 1.29 is 9.53 Å². The zero-order valence-electron chi connectivity index (χ0n) is 5.15. The summed E-state index contributed by atoms with van der Waals surface area (Å²) < 4.78 is 4.49. The summed E-state index contributed by atoms with van der Waals surface area (Å²) in [4.78, 5) is 13.5. The van der Waals surface area contributed by atoms with Gasteiger partial charge in [-0.25, -0.2) is 0 Å². The van der Waals surface area contributed by atoms with Crippen molar-refractivity contribution in [2.75, 3.05) is 5.73 Å². The van der Waals surface area contributed by atoms with Gasteiger partial charge in [0, 0.05) is 12.3 Å². The zero-order valence-corrected chi connectivity index (χ0v) is 5.15. The SMILES string of the molecule is Nc1cnccc1OC=O. The van der Waals surface area contributed by atoms with Crippen LogP contribution < -0.4 is 10.5 Å². The summed E-state index contributed by atoms with van der Waals surface area (Å²) in [5.74, 6) is 0.338. The molecule has 0 atom stereocenters. The van der Waals surface area contributed by atoms with Gasteiger partial charge in [-0.05, 0) is 0 Å².